The van der Waals surface area contributed by atoms with Gasteiger partial charge in [-0.2, -0.15) is 0 Å². The molecule has 0 radical (unpaired) electrons. The van der Waals surface area contributed by atoms with Gasteiger partial charge in [-0.05, 0) is 46.2 Å². The number of halogens is 1. The van der Waals surface area contributed by atoms with Crippen LogP contribution in [0.1, 0.15) is 9.67 Å². The van der Waals surface area contributed by atoms with Crippen molar-refractivity contribution in [3.05, 3.63) is 38.2 Å². The highest BCUT2D eigenvalue weighted by Crippen LogP contribution is 2.25. The van der Waals surface area contributed by atoms with Crippen molar-refractivity contribution < 1.29 is 9.53 Å². The molecular weight excluding hydrogens is 351 g/mol. The monoisotopic (exact) mass is 360 g/mol. The molecule has 4 nitrogen and oxygen atoms in total. The van der Waals surface area contributed by atoms with E-state index in [-0.39, 0.29) is 5.91 Å². The molecule has 2 rings (SSSR count). The van der Waals surface area contributed by atoms with E-state index in [0.717, 1.165) is 3.57 Å². The number of aromatic nitrogens is 1. The van der Waals surface area contributed by atoms with Crippen LogP contribution in [-0.2, 0) is 0 Å². The van der Waals surface area contributed by atoms with E-state index < -0.39 is 0 Å². The van der Waals surface area contributed by atoms with Gasteiger partial charge in [-0.15, -0.1) is 11.3 Å². The number of hydrogen-bond acceptors (Lipinski definition) is 4. The number of nitrogens with zero attached hydrogens (tertiary/aromatic N) is 1. The maximum absolute atomic E-state index is 11.9. The Balaban J connectivity index is 2.14. The lowest BCUT2D eigenvalue weighted by molar-refractivity contribution is 0.102. The molecule has 0 aromatic carbocycles. The van der Waals surface area contributed by atoms with Crippen LogP contribution in [0.5, 0.6) is 5.75 Å². The fraction of sp³-hybridized carbons (Fsp3) is 0.0909. The van der Waals surface area contributed by atoms with Gasteiger partial charge < -0.3 is 10.1 Å². The van der Waals surface area contributed by atoms with E-state index in [4.69, 9.17) is 4.74 Å². The molecular formula is C11H9IN2O2S. The fourth-order valence-corrected chi connectivity index (χ4v) is 2.32. The Morgan fingerprint density at radius 1 is 1.47 bits per heavy atom. The molecule has 2 aromatic heterocycles. The van der Waals surface area contributed by atoms with Crippen LogP contribution in [0.15, 0.2) is 29.8 Å². The van der Waals surface area contributed by atoms with Crippen molar-refractivity contribution in [3.63, 3.8) is 0 Å². The normalized spacial score (nSPS) is 10.0. The SMILES string of the molecule is COc1ccsc1C(=O)Nc1ccc(I)cn1. The van der Waals surface area contributed by atoms with Gasteiger partial charge in [-0.1, -0.05) is 0 Å². The first-order chi connectivity index (χ1) is 8.20. The van der Waals surface area contributed by atoms with Gasteiger partial charge in [-0.3, -0.25) is 4.79 Å². The second-order valence-corrected chi connectivity index (χ2v) is 5.30. The number of hydrogen-bond donors (Lipinski definition) is 1. The van der Waals surface area contributed by atoms with Gasteiger partial charge in [0.25, 0.3) is 5.91 Å². The third-order valence-corrected chi connectivity index (χ3v) is 3.56. The Bertz CT molecular complexity index is 525. The summed E-state index contributed by atoms with van der Waals surface area (Å²) >= 11 is 3.50. The van der Waals surface area contributed by atoms with E-state index in [2.05, 4.69) is 32.9 Å². The molecule has 0 fully saturated rings. The lowest BCUT2D eigenvalue weighted by Crippen LogP contribution is -2.12. The minimum absolute atomic E-state index is 0.203. The molecule has 2 aromatic rings. The molecule has 2 heterocycles. The zero-order chi connectivity index (χ0) is 12.3. The lowest BCUT2D eigenvalue weighted by Gasteiger charge is -2.04. The Morgan fingerprint density at radius 3 is 2.94 bits per heavy atom. The van der Waals surface area contributed by atoms with Crippen molar-refractivity contribution in [1.29, 1.82) is 0 Å². The summed E-state index contributed by atoms with van der Waals surface area (Å²) in [6.07, 6.45) is 1.70. The molecule has 17 heavy (non-hydrogen) atoms. The molecule has 0 atom stereocenters. The first kappa shape index (κ1) is 12.3. The maximum Gasteiger partial charge on any atom is 0.270 e. The molecule has 0 aliphatic heterocycles. The third-order valence-electron chi connectivity index (χ3n) is 2.02. The smallest absolute Gasteiger partial charge is 0.270 e. The maximum atomic E-state index is 11.9. The molecule has 6 heteroatoms. The Kier molecular flexibility index (Phi) is 3.95. The van der Waals surface area contributed by atoms with E-state index >= 15 is 0 Å². The van der Waals surface area contributed by atoms with Crippen LogP contribution in [0.4, 0.5) is 5.82 Å². The number of amides is 1. The van der Waals surface area contributed by atoms with Crippen molar-refractivity contribution in [1.82, 2.24) is 4.98 Å². The van der Waals surface area contributed by atoms with Gasteiger partial charge in [0, 0.05) is 9.77 Å². The first-order valence-corrected chi connectivity index (χ1v) is 6.71. The summed E-state index contributed by atoms with van der Waals surface area (Å²) in [5.41, 5.74) is 0. The van der Waals surface area contributed by atoms with Gasteiger partial charge >= 0.3 is 0 Å². The molecule has 1 N–H and O–H groups in total. The van der Waals surface area contributed by atoms with E-state index in [1.54, 1.807) is 25.4 Å². The molecule has 0 bridgehead atoms. The summed E-state index contributed by atoms with van der Waals surface area (Å²) in [4.78, 5) is 16.6. The van der Waals surface area contributed by atoms with Crippen LogP contribution in [0.3, 0.4) is 0 Å². The van der Waals surface area contributed by atoms with Crippen molar-refractivity contribution in [2.75, 3.05) is 12.4 Å². The largest absolute Gasteiger partial charge is 0.495 e. The highest BCUT2D eigenvalue weighted by molar-refractivity contribution is 14.1. The van der Waals surface area contributed by atoms with Crippen molar-refractivity contribution >= 4 is 45.7 Å². The van der Waals surface area contributed by atoms with E-state index in [9.17, 15) is 4.79 Å². The molecule has 0 unspecified atom stereocenters. The van der Waals surface area contributed by atoms with Crippen LogP contribution in [0.2, 0.25) is 0 Å². The molecule has 0 saturated carbocycles. The van der Waals surface area contributed by atoms with Crippen molar-refractivity contribution in [2.24, 2.45) is 0 Å². The minimum Gasteiger partial charge on any atom is -0.495 e. The lowest BCUT2D eigenvalue weighted by atomic mass is 10.4. The number of methoxy groups -OCH3 is 1. The van der Waals surface area contributed by atoms with E-state index in [0.29, 0.717) is 16.4 Å². The Labute approximate surface area is 116 Å². The minimum atomic E-state index is -0.203. The van der Waals surface area contributed by atoms with Crippen LogP contribution >= 0.6 is 33.9 Å². The number of thiophene rings is 1. The number of anilines is 1. The van der Waals surface area contributed by atoms with Crippen LogP contribution in [0, 0.1) is 3.57 Å². The van der Waals surface area contributed by atoms with Gasteiger partial charge in [0.2, 0.25) is 0 Å². The van der Waals surface area contributed by atoms with Crippen molar-refractivity contribution in [2.45, 2.75) is 0 Å². The van der Waals surface area contributed by atoms with E-state index in [1.807, 2.05) is 11.4 Å². The van der Waals surface area contributed by atoms with Gasteiger partial charge in [0.1, 0.15) is 16.4 Å². The molecule has 0 saturated heterocycles. The number of ether oxygens (including phenoxy) is 1. The molecule has 88 valence electrons. The average molecular weight is 360 g/mol. The Morgan fingerprint density at radius 2 is 2.29 bits per heavy atom. The Hall–Kier alpha value is -1.15. The number of rotatable bonds is 3. The summed E-state index contributed by atoms with van der Waals surface area (Å²) in [5, 5.41) is 4.54. The first-order valence-electron chi connectivity index (χ1n) is 4.75. The second-order valence-electron chi connectivity index (χ2n) is 3.13. The van der Waals surface area contributed by atoms with Crippen molar-refractivity contribution in [3.8, 4) is 5.75 Å². The molecule has 0 aliphatic rings. The summed E-state index contributed by atoms with van der Waals surface area (Å²) in [7, 11) is 1.54. The number of carbonyl (C=O) groups is 1. The standard InChI is InChI=1S/C11H9IN2O2S/c1-16-8-4-5-17-10(8)11(15)14-9-3-2-7(12)6-13-9/h2-6H,1H3,(H,13,14,15). The summed E-state index contributed by atoms with van der Waals surface area (Å²) in [5.74, 6) is 0.912. The van der Waals surface area contributed by atoms with E-state index in [1.165, 1.54) is 11.3 Å². The van der Waals surface area contributed by atoms with Crippen LogP contribution in [-0.4, -0.2) is 18.0 Å². The quantitative estimate of drug-likeness (QED) is 0.857. The molecule has 1 amide bonds. The number of nitrogens with one attached hydrogen (secondary N) is 1. The summed E-state index contributed by atoms with van der Waals surface area (Å²) < 4.78 is 6.11. The molecule has 0 aliphatic carbocycles. The zero-order valence-corrected chi connectivity index (χ0v) is 11.9. The number of pyridine rings is 1. The summed E-state index contributed by atoms with van der Waals surface area (Å²) in [6.45, 7) is 0. The predicted octanol–water partition coefficient (Wildman–Crippen LogP) is 3.01. The molecule has 0 spiro atoms. The van der Waals surface area contributed by atoms with Gasteiger partial charge in [0.15, 0.2) is 0 Å². The van der Waals surface area contributed by atoms with Crippen LogP contribution < -0.4 is 10.1 Å². The van der Waals surface area contributed by atoms with Crippen LogP contribution in [0.25, 0.3) is 0 Å². The highest BCUT2D eigenvalue weighted by Gasteiger charge is 2.14. The fourth-order valence-electron chi connectivity index (χ4n) is 1.25. The van der Waals surface area contributed by atoms with Gasteiger partial charge in [-0.25, -0.2) is 4.98 Å². The third kappa shape index (κ3) is 2.95. The second kappa shape index (κ2) is 5.46. The zero-order valence-electron chi connectivity index (χ0n) is 8.94. The van der Waals surface area contributed by atoms with Gasteiger partial charge in [0.05, 0.1) is 7.11 Å². The topological polar surface area (TPSA) is 51.2 Å². The summed E-state index contributed by atoms with van der Waals surface area (Å²) in [6, 6.07) is 5.41. The average Bonchev–Trinajstić information content (AvgIpc) is 2.80. The highest BCUT2D eigenvalue weighted by atomic mass is 127. The predicted molar refractivity (Wildman–Crippen MR) is 75.8 cm³/mol. The number of carbonyl (C=O) groups excluding carboxylic acids is 1.